The molecule has 0 bridgehead atoms. The van der Waals surface area contributed by atoms with Crippen LogP contribution in [0, 0.1) is 0 Å². The first-order valence-corrected chi connectivity index (χ1v) is 14.1. The summed E-state index contributed by atoms with van der Waals surface area (Å²) < 4.78 is 35.6. The van der Waals surface area contributed by atoms with E-state index in [2.05, 4.69) is 20.7 Å². The van der Waals surface area contributed by atoms with Gasteiger partial charge in [-0.1, -0.05) is 57.3 Å². The summed E-state index contributed by atoms with van der Waals surface area (Å²) in [6.07, 6.45) is 0. The Morgan fingerprint density at radius 2 is 1.62 bits per heavy atom. The van der Waals surface area contributed by atoms with Gasteiger partial charge >= 0.3 is 0 Å². The SMILES string of the molecule is O=C(c1cc(Cl)ccc1NS(=O)(=O)c1ccc(Oc2ccccc2Cl)cc1)N1Cc2ccc(Br)cc2C1. The van der Waals surface area contributed by atoms with Gasteiger partial charge in [-0.2, -0.15) is 0 Å². The summed E-state index contributed by atoms with van der Waals surface area (Å²) in [5.41, 5.74) is 2.38. The number of nitrogens with zero attached hydrogens (tertiary/aromatic N) is 1. The number of benzene rings is 4. The minimum atomic E-state index is -4.01. The number of carbonyl (C=O) groups excluding carboxylic acids is 1. The van der Waals surface area contributed by atoms with Crippen molar-refractivity contribution in [3.05, 3.63) is 116 Å². The van der Waals surface area contributed by atoms with Gasteiger partial charge in [0, 0.05) is 22.6 Å². The van der Waals surface area contributed by atoms with E-state index in [0.717, 1.165) is 15.6 Å². The standard InChI is InChI=1S/C27H19BrCl2N2O4S/c28-19-6-5-17-15-32(16-18(17)13-19)27(33)23-14-20(29)7-12-25(23)31-37(34,35)22-10-8-21(9-11-22)36-26-4-2-1-3-24(26)30/h1-14,31H,15-16H2. The van der Waals surface area contributed by atoms with Gasteiger partial charge in [0.1, 0.15) is 11.5 Å². The fourth-order valence-electron chi connectivity index (χ4n) is 4.00. The molecule has 0 spiro atoms. The molecule has 0 atom stereocenters. The van der Waals surface area contributed by atoms with E-state index in [1.54, 1.807) is 29.2 Å². The molecule has 0 aromatic heterocycles. The summed E-state index contributed by atoms with van der Waals surface area (Å²) >= 11 is 15.8. The van der Waals surface area contributed by atoms with Crippen molar-refractivity contribution in [1.82, 2.24) is 4.90 Å². The number of para-hydroxylation sites is 1. The summed E-state index contributed by atoms with van der Waals surface area (Å²) in [7, 11) is -4.01. The zero-order chi connectivity index (χ0) is 26.2. The van der Waals surface area contributed by atoms with E-state index in [0.29, 0.717) is 34.6 Å². The van der Waals surface area contributed by atoms with Crippen molar-refractivity contribution in [3.8, 4) is 11.5 Å². The number of carbonyl (C=O) groups is 1. The van der Waals surface area contributed by atoms with Crippen LogP contribution in [0.5, 0.6) is 11.5 Å². The molecule has 1 N–H and O–H groups in total. The lowest BCUT2D eigenvalue weighted by Crippen LogP contribution is -2.27. The monoisotopic (exact) mass is 616 g/mol. The number of ether oxygens (including phenoxy) is 1. The largest absolute Gasteiger partial charge is 0.456 e. The van der Waals surface area contributed by atoms with Gasteiger partial charge in [0.15, 0.2) is 0 Å². The topological polar surface area (TPSA) is 75.7 Å². The van der Waals surface area contributed by atoms with Crippen molar-refractivity contribution in [1.29, 1.82) is 0 Å². The Balaban J connectivity index is 1.36. The Morgan fingerprint density at radius 1 is 0.892 bits per heavy atom. The van der Waals surface area contributed by atoms with Gasteiger partial charge in [0.2, 0.25) is 0 Å². The van der Waals surface area contributed by atoms with Crippen LogP contribution in [-0.2, 0) is 23.1 Å². The van der Waals surface area contributed by atoms with Gasteiger partial charge in [0.25, 0.3) is 15.9 Å². The summed E-state index contributed by atoms with van der Waals surface area (Å²) in [5, 5.41) is 0.765. The van der Waals surface area contributed by atoms with Crippen LogP contribution in [0.15, 0.2) is 94.3 Å². The van der Waals surface area contributed by atoms with Crippen LogP contribution < -0.4 is 9.46 Å². The van der Waals surface area contributed by atoms with Gasteiger partial charge in [-0.25, -0.2) is 8.42 Å². The summed E-state index contributed by atoms with van der Waals surface area (Å²) in [6.45, 7) is 0.840. The van der Waals surface area contributed by atoms with Crippen molar-refractivity contribution in [2.24, 2.45) is 0 Å². The molecule has 5 rings (SSSR count). The second-order valence-corrected chi connectivity index (χ2v) is 11.8. The Hall–Kier alpha value is -3.04. The minimum absolute atomic E-state index is 0.00536. The van der Waals surface area contributed by atoms with Gasteiger partial charge in [-0.15, -0.1) is 0 Å². The maximum Gasteiger partial charge on any atom is 0.261 e. The number of sulfonamides is 1. The Bertz CT molecular complexity index is 1610. The highest BCUT2D eigenvalue weighted by atomic mass is 79.9. The first kappa shape index (κ1) is 25.6. The average molecular weight is 618 g/mol. The van der Waals surface area contributed by atoms with E-state index in [-0.39, 0.29) is 22.1 Å². The molecule has 0 saturated heterocycles. The predicted molar refractivity (Wildman–Crippen MR) is 148 cm³/mol. The quantitative estimate of drug-likeness (QED) is 0.243. The molecule has 1 heterocycles. The van der Waals surface area contributed by atoms with Gasteiger partial charge in [-0.3, -0.25) is 9.52 Å². The molecular formula is C27H19BrCl2N2O4S. The molecule has 0 radical (unpaired) electrons. The second-order valence-electron chi connectivity index (χ2n) is 8.37. The normalized spacial score (nSPS) is 12.8. The lowest BCUT2D eigenvalue weighted by molar-refractivity contribution is 0.0752. The number of hydrogen-bond donors (Lipinski definition) is 1. The predicted octanol–water partition coefficient (Wildman–Crippen LogP) is 7.51. The van der Waals surface area contributed by atoms with Crippen molar-refractivity contribution >= 4 is 60.7 Å². The molecule has 4 aromatic rings. The average Bonchev–Trinajstić information content (AvgIpc) is 3.29. The fraction of sp³-hybridized carbons (Fsp3) is 0.0741. The fourth-order valence-corrected chi connectivity index (χ4v) is 5.84. The molecule has 0 aliphatic carbocycles. The van der Waals surface area contributed by atoms with Crippen LogP contribution in [0.2, 0.25) is 10.0 Å². The van der Waals surface area contributed by atoms with E-state index in [4.69, 9.17) is 27.9 Å². The zero-order valence-corrected chi connectivity index (χ0v) is 23.0. The lowest BCUT2D eigenvalue weighted by Gasteiger charge is -2.19. The molecule has 37 heavy (non-hydrogen) atoms. The smallest absolute Gasteiger partial charge is 0.261 e. The van der Waals surface area contributed by atoms with E-state index >= 15 is 0 Å². The van der Waals surface area contributed by atoms with Crippen LogP contribution in [0.4, 0.5) is 5.69 Å². The lowest BCUT2D eigenvalue weighted by atomic mass is 10.1. The van der Waals surface area contributed by atoms with Crippen LogP contribution in [0.3, 0.4) is 0 Å². The van der Waals surface area contributed by atoms with Crippen LogP contribution in [0.1, 0.15) is 21.5 Å². The van der Waals surface area contributed by atoms with Crippen LogP contribution >= 0.6 is 39.1 Å². The molecule has 1 aliphatic heterocycles. The molecule has 1 amide bonds. The summed E-state index contributed by atoms with van der Waals surface area (Å²) in [4.78, 5) is 15.1. The Labute approximate surface area is 233 Å². The Morgan fingerprint density at radius 3 is 2.38 bits per heavy atom. The van der Waals surface area contributed by atoms with Crippen LogP contribution in [-0.4, -0.2) is 19.2 Å². The van der Waals surface area contributed by atoms with Crippen molar-refractivity contribution < 1.29 is 17.9 Å². The van der Waals surface area contributed by atoms with Crippen molar-refractivity contribution in [2.75, 3.05) is 4.72 Å². The summed E-state index contributed by atoms with van der Waals surface area (Å²) in [5.74, 6) is 0.560. The third-order valence-electron chi connectivity index (χ3n) is 5.83. The number of fused-ring (bicyclic) bond motifs is 1. The zero-order valence-electron chi connectivity index (χ0n) is 19.1. The molecule has 0 unspecified atom stereocenters. The molecule has 4 aromatic carbocycles. The molecular weight excluding hydrogens is 599 g/mol. The maximum absolute atomic E-state index is 13.4. The number of rotatable bonds is 6. The molecule has 10 heteroatoms. The maximum atomic E-state index is 13.4. The molecule has 0 saturated carbocycles. The number of amides is 1. The number of nitrogens with one attached hydrogen (secondary N) is 1. The van der Waals surface area contributed by atoms with Crippen molar-refractivity contribution in [2.45, 2.75) is 18.0 Å². The van der Waals surface area contributed by atoms with Crippen LogP contribution in [0.25, 0.3) is 0 Å². The molecule has 1 aliphatic rings. The third-order valence-corrected chi connectivity index (χ3v) is 8.25. The van der Waals surface area contributed by atoms with E-state index < -0.39 is 10.0 Å². The number of hydrogen-bond acceptors (Lipinski definition) is 4. The minimum Gasteiger partial charge on any atom is -0.456 e. The summed E-state index contributed by atoms with van der Waals surface area (Å²) in [6, 6.07) is 23.2. The second kappa shape index (κ2) is 10.4. The third kappa shape index (κ3) is 5.62. The molecule has 6 nitrogen and oxygen atoms in total. The number of halogens is 3. The van der Waals surface area contributed by atoms with Gasteiger partial charge < -0.3 is 9.64 Å². The van der Waals surface area contributed by atoms with E-state index in [1.165, 1.54) is 42.5 Å². The molecule has 188 valence electrons. The highest BCUT2D eigenvalue weighted by molar-refractivity contribution is 9.10. The van der Waals surface area contributed by atoms with Gasteiger partial charge in [-0.05, 0) is 77.9 Å². The van der Waals surface area contributed by atoms with E-state index in [1.807, 2.05) is 18.2 Å². The first-order chi connectivity index (χ1) is 17.7. The molecule has 0 fully saturated rings. The van der Waals surface area contributed by atoms with Crippen molar-refractivity contribution in [3.63, 3.8) is 0 Å². The van der Waals surface area contributed by atoms with Gasteiger partial charge in [0.05, 0.1) is 21.2 Å². The first-order valence-electron chi connectivity index (χ1n) is 11.1. The highest BCUT2D eigenvalue weighted by Crippen LogP contribution is 2.32. The Kier molecular flexibility index (Phi) is 7.18. The van der Waals surface area contributed by atoms with E-state index in [9.17, 15) is 13.2 Å². The number of anilines is 1. The highest BCUT2D eigenvalue weighted by Gasteiger charge is 2.27.